The van der Waals surface area contributed by atoms with Crippen LogP contribution in [0.3, 0.4) is 0 Å². The van der Waals surface area contributed by atoms with Crippen molar-refractivity contribution >= 4 is 18.0 Å². The van der Waals surface area contributed by atoms with E-state index in [1.165, 1.54) is 0 Å². The van der Waals surface area contributed by atoms with Crippen LogP contribution in [0.5, 0.6) is 0 Å². The van der Waals surface area contributed by atoms with Crippen molar-refractivity contribution in [2.24, 2.45) is 11.7 Å². The largest absolute Gasteiger partial charge is 0.480 e. The maximum Gasteiger partial charge on any atom is 0.321 e. The lowest BCUT2D eigenvalue weighted by atomic mass is 9.92. The molecule has 0 saturated carbocycles. The molecule has 6 nitrogen and oxygen atoms in total. The highest BCUT2D eigenvalue weighted by Gasteiger charge is 2.35. The number of Topliss-reactive ketones (excluding diaryl/α,β-unsaturated/α-hetero) is 1. The van der Waals surface area contributed by atoms with Crippen LogP contribution in [0.15, 0.2) is 0 Å². The van der Waals surface area contributed by atoms with Crippen LogP contribution in [-0.2, 0) is 14.4 Å². The topological polar surface area (TPSA) is 109 Å². The Labute approximate surface area is 86.8 Å². The Morgan fingerprint density at radius 3 is 2.60 bits per heavy atom. The summed E-state index contributed by atoms with van der Waals surface area (Å²) in [6.45, 7) is 0.713. The maximum atomic E-state index is 11.7. The highest BCUT2D eigenvalue weighted by Crippen LogP contribution is 2.12. The standard InChI is InChI=1S/C9H14N2O4/c10-7(9(14)15)5(4-12)8(13)6-2-1-3-11-6/h4-7,11H,1-3,10H2,(H,14,15)/t5-,6?,7?/m1/s1. The summed E-state index contributed by atoms with van der Waals surface area (Å²) in [5, 5.41) is 11.5. The van der Waals surface area contributed by atoms with Gasteiger partial charge in [0, 0.05) is 0 Å². The third-order valence-corrected chi connectivity index (χ3v) is 2.55. The van der Waals surface area contributed by atoms with Crippen molar-refractivity contribution in [1.82, 2.24) is 5.32 Å². The van der Waals surface area contributed by atoms with Gasteiger partial charge in [-0.05, 0) is 19.4 Å². The van der Waals surface area contributed by atoms with Gasteiger partial charge in [-0.1, -0.05) is 0 Å². The fraction of sp³-hybridized carbons (Fsp3) is 0.667. The molecule has 3 atom stereocenters. The molecule has 1 fully saturated rings. The van der Waals surface area contributed by atoms with Crippen molar-refractivity contribution in [1.29, 1.82) is 0 Å². The van der Waals surface area contributed by atoms with E-state index in [1.807, 2.05) is 0 Å². The number of nitrogens with two attached hydrogens (primary N) is 1. The normalized spacial score (nSPS) is 24.5. The molecule has 0 bridgehead atoms. The molecule has 1 rings (SSSR count). The fourth-order valence-electron chi connectivity index (χ4n) is 1.64. The van der Waals surface area contributed by atoms with Crippen LogP contribution in [-0.4, -0.2) is 41.8 Å². The summed E-state index contributed by atoms with van der Waals surface area (Å²) < 4.78 is 0. The zero-order valence-corrected chi connectivity index (χ0v) is 8.18. The lowest BCUT2D eigenvalue weighted by molar-refractivity contribution is -0.144. The molecule has 6 heteroatoms. The average Bonchev–Trinajstić information content (AvgIpc) is 2.71. The molecular formula is C9H14N2O4. The Bertz CT molecular complexity index is 273. The SMILES string of the molecule is NC(C(=O)O)[C@@H](C=O)C(=O)C1CCCN1. The Morgan fingerprint density at radius 2 is 2.20 bits per heavy atom. The van der Waals surface area contributed by atoms with E-state index >= 15 is 0 Å². The van der Waals surface area contributed by atoms with Crippen LogP contribution in [0.1, 0.15) is 12.8 Å². The number of hydrogen-bond donors (Lipinski definition) is 3. The van der Waals surface area contributed by atoms with Crippen molar-refractivity contribution in [2.45, 2.75) is 24.9 Å². The first-order valence-corrected chi connectivity index (χ1v) is 4.78. The van der Waals surface area contributed by atoms with Crippen molar-refractivity contribution < 1.29 is 19.5 Å². The van der Waals surface area contributed by atoms with Gasteiger partial charge in [-0.25, -0.2) is 0 Å². The number of carboxylic acids is 1. The summed E-state index contributed by atoms with van der Waals surface area (Å²) in [5.74, 6) is -3.01. The van der Waals surface area contributed by atoms with Gasteiger partial charge < -0.3 is 21.0 Å². The van der Waals surface area contributed by atoms with E-state index in [1.54, 1.807) is 0 Å². The van der Waals surface area contributed by atoms with Gasteiger partial charge in [-0.3, -0.25) is 9.59 Å². The van der Waals surface area contributed by atoms with E-state index in [9.17, 15) is 14.4 Å². The summed E-state index contributed by atoms with van der Waals surface area (Å²) in [6, 6.07) is -1.87. The smallest absolute Gasteiger partial charge is 0.321 e. The zero-order chi connectivity index (χ0) is 11.4. The molecule has 0 aromatic heterocycles. The monoisotopic (exact) mass is 214 g/mol. The second-order valence-corrected chi connectivity index (χ2v) is 3.58. The van der Waals surface area contributed by atoms with E-state index in [-0.39, 0.29) is 0 Å². The molecule has 2 unspecified atom stereocenters. The predicted molar refractivity (Wildman–Crippen MR) is 51.2 cm³/mol. The van der Waals surface area contributed by atoms with Gasteiger partial charge in [0.25, 0.3) is 0 Å². The minimum Gasteiger partial charge on any atom is -0.480 e. The fourth-order valence-corrected chi connectivity index (χ4v) is 1.64. The van der Waals surface area contributed by atoms with Gasteiger partial charge in [0.1, 0.15) is 18.2 Å². The number of carbonyl (C=O) groups is 3. The van der Waals surface area contributed by atoms with Gasteiger partial charge in [-0.2, -0.15) is 0 Å². The van der Waals surface area contributed by atoms with Crippen LogP contribution < -0.4 is 11.1 Å². The summed E-state index contributed by atoms with van der Waals surface area (Å²) in [5.41, 5.74) is 5.26. The second-order valence-electron chi connectivity index (χ2n) is 3.58. The Balaban J connectivity index is 2.68. The van der Waals surface area contributed by atoms with Crippen LogP contribution >= 0.6 is 0 Å². The van der Waals surface area contributed by atoms with Crippen LogP contribution in [0.25, 0.3) is 0 Å². The molecule has 4 N–H and O–H groups in total. The van der Waals surface area contributed by atoms with Crippen molar-refractivity contribution in [3.8, 4) is 0 Å². The minimum absolute atomic E-state index is 0.321. The summed E-state index contributed by atoms with van der Waals surface area (Å²) >= 11 is 0. The lowest BCUT2D eigenvalue weighted by Gasteiger charge is -2.17. The van der Waals surface area contributed by atoms with E-state index in [2.05, 4.69) is 5.32 Å². The molecule has 1 saturated heterocycles. The molecule has 0 aromatic rings. The van der Waals surface area contributed by atoms with Gasteiger partial charge in [0.2, 0.25) is 0 Å². The lowest BCUT2D eigenvalue weighted by Crippen LogP contribution is -2.48. The molecule has 0 radical (unpaired) electrons. The summed E-state index contributed by atoms with van der Waals surface area (Å²) in [6.07, 6.45) is 1.81. The Hall–Kier alpha value is -1.27. The molecule has 0 aliphatic carbocycles. The van der Waals surface area contributed by atoms with Gasteiger partial charge in [0.05, 0.1) is 6.04 Å². The molecular weight excluding hydrogens is 200 g/mol. The first-order valence-electron chi connectivity index (χ1n) is 4.78. The van der Waals surface area contributed by atoms with Crippen molar-refractivity contribution in [3.05, 3.63) is 0 Å². The average molecular weight is 214 g/mol. The van der Waals surface area contributed by atoms with Crippen LogP contribution in [0.2, 0.25) is 0 Å². The third kappa shape index (κ3) is 2.60. The third-order valence-electron chi connectivity index (χ3n) is 2.55. The van der Waals surface area contributed by atoms with Crippen molar-refractivity contribution in [3.63, 3.8) is 0 Å². The molecule has 0 amide bonds. The predicted octanol–water partition coefficient (Wildman–Crippen LogP) is -1.47. The second kappa shape index (κ2) is 4.99. The number of ketones is 1. The van der Waals surface area contributed by atoms with Gasteiger partial charge in [-0.15, -0.1) is 0 Å². The zero-order valence-electron chi connectivity index (χ0n) is 8.18. The molecule has 1 aliphatic heterocycles. The number of nitrogens with one attached hydrogen (secondary N) is 1. The number of aldehydes is 1. The summed E-state index contributed by atoms with van der Waals surface area (Å²) in [4.78, 5) is 32.9. The summed E-state index contributed by atoms with van der Waals surface area (Å²) in [7, 11) is 0. The Kier molecular flexibility index (Phi) is 3.93. The first-order chi connectivity index (χ1) is 7.07. The maximum absolute atomic E-state index is 11.7. The molecule has 0 spiro atoms. The van der Waals surface area contributed by atoms with E-state index in [0.29, 0.717) is 19.3 Å². The van der Waals surface area contributed by atoms with E-state index < -0.39 is 29.8 Å². The van der Waals surface area contributed by atoms with Crippen molar-refractivity contribution in [2.75, 3.05) is 6.54 Å². The number of carboxylic acid groups (broad SMARTS) is 1. The minimum atomic E-state index is -1.45. The van der Waals surface area contributed by atoms with Crippen LogP contribution in [0.4, 0.5) is 0 Å². The number of hydrogen-bond acceptors (Lipinski definition) is 5. The first kappa shape index (κ1) is 11.8. The van der Waals surface area contributed by atoms with Gasteiger partial charge >= 0.3 is 5.97 Å². The van der Waals surface area contributed by atoms with Gasteiger partial charge in [0.15, 0.2) is 5.78 Å². The number of rotatable bonds is 5. The molecule has 1 heterocycles. The van der Waals surface area contributed by atoms with Crippen LogP contribution in [0, 0.1) is 5.92 Å². The Morgan fingerprint density at radius 1 is 1.53 bits per heavy atom. The number of aliphatic carboxylic acids is 1. The highest BCUT2D eigenvalue weighted by molar-refractivity contribution is 6.01. The molecule has 1 aliphatic rings. The number of carbonyl (C=O) groups excluding carboxylic acids is 2. The van der Waals surface area contributed by atoms with E-state index in [4.69, 9.17) is 10.8 Å². The molecule has 84 valence electrons. The molecule has 15 heavy (non-hydrogen) atoms. The highest BCUT2D eigenvalue weighted by atomic mass is 16.4. The quantitative estimate of drug-likeness (QED) is 0.381. The molecule has 0 aromatic carbocycles. The van der Waals surface area contributed by atoms with E-state index in [0.717, 1.165) is 6.42 Å².